The zero-order valence-electron chi connectivity index (χ0n) is 14.2. The predicted molar refractivity (Wildman–Crippen MR) is 95.5 cm³/mol. The summed E-state index contributed by atoms with van der Waals surface area (Å²) in [5.41, 5.74) is 2.48. The van der Waals surface area contributed by atoms with Gasteiger partial charge in [0, 0.05) is 12.1 Å². The van der Waals surface area contributed by atoms with Gasteiger partial charge in [-0.1, -0.05) is 24.8 Å². The maximum Gasteiger partial charge on any atom is 0.251 e. The number of carbonyl (C=O) groups excluding carboxylic acids is 1. The molecule has 0 saturated carbocycles. The third-order valence-corrected chi connectivity index (χ3v) is 3.24. The van der Waals surface area contributed by atoms with Crippen molar-refractivity contribution in [1.82, 2.24) is 5.32 Å². The monoisotopic (exact) mass is 325 g/mol. The van der Waals surface area contributed by atoms with Crippen LogP contribution in [0.15, 0.2) is 60.7 Å². The molecule has 0 radical (unpaired) electrons. The van der Waals surface area contributed by atoms with Gasteiger partial charge in [-0.25, -0.2) is 0 Å². The molecular formula is C20H23NO3. The fraction of sp³-hybridized carbons (Fsp3) is 0.250. The minimum absolute atomic E-state index is 0.141. The summed E-state index contributed by atoms with van der Waals surface area (Å²) in [5.74, 6) is 1.32. The first kappa shape index (κ1) is 17.6. The molecule has 24 heavy (non-hydrogen) atoms. The Hall–Kier alpha value is -2.75. The molecule has 0 atom stereocenters. The van der Waals surface area contributed by atoms with Gasteiger partial charge in [0.05, 0.1) is 6.61 Å². The van der Waals surface area contributed by atoms with Gasteiger partial charge in [-0.05, 0) is 55.3 Å². The molecule has 0 bridgehead atoms. The van der Waals surface area contributed by atoms with Crippen LogP contribution in [0.2, 0.25) is 0 Å². The van der Waals surface area contributed by atoms with Gasteiger partial charge in [0.25, 0.3) is 5.91 Å². The van der Waals surface area contributed by atoms with E-state index in [9.17, 15) is 4.79 Å². The van der Waals surface area contributed by atoms with Crippen molar-refractivity contribution in [1.29, 1.82) is 0 Å². The minimum atomic E-state index is -0.141. The minimum Gasteiger partial charge on any atom is -0.494 e. The summed E-state index contributed by atoms with van der Waals surface area (Å²) >= 11 is 0. The molecule has 1 amide bonds. The summed E-state index contributed by atoms with van der Waals surface area (Å²) in [7, 11) is 0. The predicted octanol–water partition coefficient (Wildman–Crippen LogP) is 3.97. The van der Waals surface area contributed by atoms with E-state index in [1.807, 2.05) is 44.2 Å². The Morgan fingerprint density at radius 2 is 1.79 bits per heavy atom. The molecule has 0 aliphatic carbocycles. The molecule has 2 aromatic rings. The van der Waals surface area contributed by atoms with E-state index in [0.29, 0.717) is 31.1 Å². The quantitative estimate of drug-likeness (QED) is 0.747. The third-order valence-electron chi connectivity index (χ3n) is 3.24. The number of carbonyl (C=O) groups is 1. The number of amides is 1. The molecule has 0 saturated heterocycles. The van der Waals surface area contributed by atoms with Crippen LogP contribution < -0.4 is 14.8 Å². The van der Waals surface area contributed by atoms with Crippen LogP contribution in [0, 0.1) is 0 Å². The van der Waals surface area contributed by atoms with Crippen LogP contribution in [0.25, 0.3) is 0 Å². The van der Waals surface area contributed by atoms with E-state index in [1.54, 1.807) is 18.2 Å². The van der Waals surface area contributed by atoms with Gasteiger partial charge < -0.3 is 14.8 Å². The van der Waals surface area contributed by atoms with Crippen molar-refractivity contribution >= 4 is 5.91 Å². The third kappa shape index (κ3) is 5.47. The van der Waals surface area contributed by atoms with Gasteiger partial charge in [-0.2, -0.15) is 0 Å². The zero-order valence-corrected chi connectivity index (χ0v) is 14.2. The number of benzene rings is 2. The van der Waals surface area contributed by atoms with E-state index in [0.717, 1.165) is 16.9 Å². The van der Waals surface area contributed by atoms with E-state index in [-0.39, 0.29) is 5.91 Å². The molecule has 4 heteroatoms. The van der Waals surface area contributed by atoms with Crippen molar-refractivity contribution < 1.29 is 14.3 Å². The highest BCUT2D eigenvalue weighted by Gasteiger charge is 2.07. The maximum atomic E-state index is 12.3. The molecule has 0 aliphatic rings. The SMILES string of the molecule is C=C(C)COc1cccc(C(=O)NCc2cccc(OCC)c2)c1. The standard InChI is InChI=1S/C20H23NO3/c1-4-23-18-9-5-7-16(11-18)13-21-20(22)17-8-6-10-19(12-17)24-14-15(2)3/h5-12H,2,4,13-14H2,1,3H3,(H,21,22). The lowest BCUT2D eigenvalue weighted by molar-refractivity contribution is 0.0950. The summed E-state index contributed by atoms with van der Waals surface area (Å²) in [6, 6.07) is 14.8. The maximum absolute atomic E-state index is 12.3. The molecule has 4 nitrogen and oxygen atoms in total. The van der Waals surface area contributed by atoms with Crippen molar-refractivity contribution in [3.8, 4) is 11.5 Å². The Morgan fingerprint density at radius 1 is 1.08 bits per heavy atom. The molecular weight excluding hydrogens is 302 g/mol. The van der Waals surface area contributed by atoms with Gasteiger partial charge in [-0.15, -0.1) is 0 Å². The topological polar surface area (TPSA) is 47.6 Å². The second-order valence-electron chi connectivity index (χ2n) is 5.54. The molecule has 0 fully saturated rings. The van der Waals surface area contributed by atoms with Gasteiger partial charge in [0.15, 0.2) is 0 Å². The summed E-state index contributed by atoms with van der Waals surface area (Å²) in [6.07, 6.45) is 0. The van der Waals surface area contributed by atoms with E-state index in [1.165, 1.54) is 0 Å². The Kier molecular flexibility index (Phi) is 6.43. The molecule has 0 heterocycles. The number of nitrogens with one attached hydrogen (secondary N) is 1. The number of ether oxygens (including phenoxy) is 2. The second kappa shape index (κ2) is 8.77. The van der Waals surface area contributed by atoms with Crippen molar-refractivity contribution in [3.05, 3.63) is 71.8 Å². The Labute approximate surface area is 143 Å². The van der Waals surface area contributed by atoms with Gasteiger partial charge in [-0.3, -0.25) is 4.79 Å². The molecule has 1 N–H and O–H groups in total. The van der Waals surface area contributed by atoms with Gasteiger partial charge in [0.2, 0.25) is 0 Å². The Bertz CT molecular complexity index is 710. The van der Waals surface area contributed by atoms with Gasteiger partial charge in [0.1, 0.15) is 18.1 Å². The van der Waals surface area contributed by atoms with Crippen LogP contribution >= 0.6 is 0 Å². The van der Waals surface area contributed by atoms with Crippen molar-refractivity contribution in [2.75, 3.05) is 13.2 Å². The van der Waals surface area contributed by atoms with Crippen LogP contribution in [0.5, 0.6) is 11.5 Å². The summed E-state index contributed by atoms with van der Waals surface area (Å²) in [6.45, 7) is 9.13. The fourth-order valence-corrected chi connectivity index (χ4v) is 2.13. The number of hydrogen-bond donors (Lipinski definition) is 1. The van der Waals surface area contributed by atoms with Crippen molar-refractivity contribution in [3.63, 3.8) is 0 Å². The van der Waals surface area contributed by atoms with Crippen LogP contribution in [0.4, 0.5) is 0 Å². The Balaban J connectivity index is 1.96. The van der Waals surface area contributed by atoms with Crippen LogP contribution in [-0.4, -0.2) is 19.1 Å². The first-order chi connectivity index (χ1) is 11.6. The lowest BCUT2D eigenvalue weighted by atomic mass is 10.1. The average molecular weight is 325 g/mol. The number of rotatable bonds is 8. The van der Waals surface area contributed by atoms with Crippen LogP contribution in [0.1, 0.15) is 29.8 Å². The fourth-order valence-electron chi connectivity index (χ4n) is 2.13. The summed E-state index contributed by atoms with van der Waals surface area (Å²) in [5, 5.41) is 2.91. The number of hydrogen-bond acceptors (Lipinski definition) is 3. The molecule has 2 rings (SSSR count). The van der Waals surface area contributed by atoms with Crippen LogP contribution in [-0.2, 0) is 6.54 Å². The highest BCUT2D eigenvalue weighted by Crippen LogP contribution is 2.15. The summed E-state index contributed by atoms with van der Waals surface area (Å²) in [4.78, 5) is 12.3. The van der Waals surface area contributed by atoms with Crippen molar-refractivity contribution in [2.45, 2.75) is 20.4 Å². The molecule has 126 valence electrons. The molecule has 0 unspecified atom stereocenters. The molecule has 0 aromatic heterocycles. The van der Waals surface area contributed by atoms with Crippen LogP contribution in [0.3, 0.4) is 0 Å². The largest absolute Gasteiger partial charge is 0.494 e. The molecule has 0 aliphatic heterocycles. The molecule has 2 aromatic carbocycles. The van der Waals surface area contributed by atoms with Crippen molar-refractivity contribution in [2.24, 2.45) is 0 Å². The normalized spacial score (nSPS) is 10.1. The first-order valence-electron chi connectivity index (χ1n) is 7.95. The second-order valence-corrected chi connectivity index (χ2v) is 5.54. The zero-order chi connectivity index (χ0) is 17.4. The van der Waals surface area contributed by atoms with E-state index in [2.05, 4.69) is 11.9 Å². The van der Waals surface area contributed by atoms with E-state index in [4.69, 9.17) is 9.47 Å². The molecule has 0 spiro atoms. The lowest BCUT2D eigenvalue weighted by Gasteiger charge is -2.10. The average Bonchev–Trinajstić information content (AvgIpc) is 2.59. The Morgan fingerprint density at radius 3 is 2.50 bits per heavy atom. The smallest absolute Gasteiger partial charge is 0.251 e. The highest BCUT2D eigenvalue weighted by molar-refractivity contribution is 5.94. The highest BCUT2D eigenvalue weighted by atomic mass is 16.5. The van der Waals surface area contributed by atoms with Gasteiger partial charge >= 0.3 is 0 Å². The first-order valence-corrected chi connectivity index (χ1v) is 7.95. The van der Waals surface area contributed by atoms with E-state index < -0.39 is 0 Å². The van der Waals surface area contributed by atoms with E-state index >= 15 is 0 Å². The summed E-state index contributed by atoms with van der Waals surface area (Å²) < 4.78 is 11.0. The lowest BCUT2D eigenvalue weighted by Crippen LogP contribution is -2.22.